The number of unbranched alkanes of at least 4 members (excludes halogenated alkanes) is 4. The summed E-state index contributed by atoms with van der Waals surface area (Å²) in [5, 5.41) is 0.0329. The molecule has 3 rings (SSSR count). The molecular weight excluding hydrogens is 411 g/mol. The first-order valence-electron chi connectivity index (χ1n) is 11.2. The smallest absolute Gasteiger partial charge is 0.349 e. The van der Waals surface area contributed by atoms with Crippen LogP contribution in [0.1, 0.15) is 68.3 Å². The molecule has 0 saturated heterocycles. The summed E-state index contributed by atoms with van der Waals surface area (Å²) in [6, 6.07) is 11.5. The Kier molecular flexibility index (Phi) is 8.42. The molecule has 0 unspecified atom stereocenters. The van der Waals surface area contributed by atoms with Crippen LogP contribution in [0, 0.1) is 5.82 Å². The second-order valence-corrected chi connectivity index (χ2v) is 7.79. The highest BCUT2D eigenvalue weighted by Crippen LogP contribution is 2.27. The fourth-order valence-corrected chi connectivity index (χ4v) is 3.46. The molecule has 0 atom stereocenters. The number of fused-ring (bicyclic) bond motifs is 1. The van der Waals surface area contributed by atoms with Gasteiger partial charge in [-0.3, -0.25) is 0 Å². The van der Waals surface area contributed by atoms with Gasteiger partial charge in [0.15, 0.2) is 11.6 Å². The van der Waals surface area contributed by atoms with Crippen LogP contribution in [0.25, 0.3) is 10.8 Å². The maximum Gasteiger partial charge on any atom is 0.349 e. The second-order valence-electron chi connectivity index (χ2n) is 7.79. The lowest BCUT2D eigenvalue weighted by Crippen LogP contribution is -2.11. The highest BCUT2D eigenvalue weighted by Gasteiger charge is 2.17. The van der Waals surface area contributed by atoms with Crippen molar-refractivity contribution in [1.29, 1.82) is 0 Å². The van der Waals surface area contributed by atoms with E-state index in [2.05, 4.69) is 6.92 Å². The Bertz CT molecular complexity index is 1100. The third-order valence-electron chi connectivity index (χ3n) is 5.22. The molecule has 3 aromatic rings. The van der Waals surface area contributed by atoms with Crippen LogP contribution >= 0.6 is 0 Å². The van der Waals surface area contributed by atoms with Gasteiger partial charge in [0.25, 0.3) is 5.95 Å². The van der Waals surface area contributed by atoms with E-state index in [0.29, 0.717) is 18.6 Å². The molecule has 0 radical (unpaired) electrons. The van der Waals surface area contributed by atoms with E-state index in [1.54, 1.807) is 12.1 Å². The number of halogens is 1. The fourth-order valence-electron chi connectivity index (χ4n) is 3.46. The number of benzene rings is 2. The van der Waals surface area contributed by atoms with Gasteiger partial charge in [-0.2, -0.15) is 0 Å². The molecular formula is C26H29FO5. The second kappa shape index (κ2) is 11.5. The predicted molar refractivity (Wildman–Crippen MR) is 122 cm³/mol. The number of hydrogen-bond acceptors (Lipinski definition) is 5. The molecule has 32 heavy (non-hydrogen) atoms. The van der Waals surface area contributed by atoms with Crippen molar-refractivity contribution < 1.29 is 23.1 Å². The van der Waals surface area contributed by atoms with Crippen molar-refractivity contribution in [2.45, 2.75) is 58.8 Å². The van der Waals surface area contributed by atoms with Crippen molar-refractivity contribution in [3.8, 4) is 11.7 Å². The quantitative estimate of drug-likeness (QED) is 0.253. The molecule has 0 fully saturated rings. The maximum atomic E-state index is 14.6. The Morgan fingerprint density at radius 2 is 1.72 bits per heavy atom. The number of carbonyl (C=O) groups is 1. The Balaban J connectivity index is 1.68. The zero-order valence-electron chi connectivity index (χ0n) is 18.6. The SMILES string of the molecule is CCCCCCCc1ccc(C(=O)Oc2cc3ccc(OCCC)c(F)c3c(=O)o2)cc1. The maximum absolute atomic E-state index is 14.6. The van der Waals surface area contributed by atoms with Crippen molar-refractivity contribution in [2.24, 2.45) is 0 Å². The van der Waals surface area contributed by atoms with Gasteiger partial charge >= 0.3 is 11.6 Å². The summed E-state index contributed by atoms with van der Waals surface area (Å²) in [4.78, 5) is 24.8. The lowest BCUT2D eigenvalue weighted by molar-refractivity contribution is 0.0688. The first-order chi connectivity index (χ1) is 15.5. The number of aryl methyl sites for hydroxylation is 1. The van der Waals surface area contributed by atoms with Gasteiger partial charge in [-0.15, -0.1) is 0 Å². The van der Waals surface area contributed by atoms with Crippen LogP contribution < -0.4 is 15.1 Å². The fraction of sp³-hybridized carbons (Fsp3) is 0.385. The molecule has 0 aliphatic carbocycles. The lowest BCUT2D eigenvalue weighted by Gasteiger charge is -2.09. The molecule has 0 amide bonds. The molecule has 1 aromatic heterocycles. The van der Waals surface area contributed by atoms with E-state index in [1.807, 2.05) is 19.1 Å². The van der Waals surface area contributed by atoms with Crippen LogP contribution in [0.5, 0.6) is 11.7 Å². The topological polar surface area (TPSA) is 65.7 Å². The molecule has 2 aromatic carbocycles. The van der Waals surface area contributed by atoms with Crippen molar-refractivity contribution in [3.63, 3.8) is 0 Å². The minimum absolute atomic E-state index is 0.0122. The standard InChI is InChI=1S/C26H29FO5/c1-3-5-6-7-8-9-18-10-12-19(13-11-18)25(28)31-22-17-20-14-15-21(30-16-4-2)24(27)23(20)26(29)32-22/h10-15,17H,3-9,16H2,1-2H3. The lowest BCUT2D eigenvalue weighted by atomic mass is 10.0. The summed E-state index contributed by atoms with van der Waals surface area (Å²) < 4.78 is 30.2. The van der Waals surface area contributed by atoms with E-state index in [4.69, 9.17) is 13.9 Å². The molecule has 0 aliphatic heterocycles. The number of rotatable bonds is 11. The third-order valence-corrected chi connectivity index (χ3v) is 5.22. The normalized spacial score (nSPS) is 11.0. The van der Waals surface area contributed by atoms with Crippen LogP contribution in [-0.4, -0.2) is 12.6 Å². The minimum Gasteiger partial charge on any atom is -0.491 e. The van der Waals surface area contributed by atoms with Crippen LogP contribution in [-0.2, 0) is 6.42 Å². The van der Waals surface area contributed by atoms with E-state index in [-0.39, 0.29) is 22.5 Å². The van der Waals surface area contributed by atoms with Gasteiger partial charge < -0.3 is 13.9 Å². The van der Waals surface area contributed by atoms with Gasteiger partial charge in [-0.05, 0) is 54.5 Å². The van der Waals surface area contributed by atoms with Gasteiger partial charge in [-0.1, -0.05) is 51.7 Å². The van der Waals surface area contributed by atoms with Crippen LogP contribution in [0.3, 0.4) is 0 Å². The summed E-state index contributed by atoms with van der Waals surface area (Å²) in [7, 11) is 0. The molecule has 1 heterocycles. The Hall–Kier alpha value is -3.15. The Labute approximate surface area is 187 Å². The summed E-state index contributed by atoms with van der Waals surface area (Å²) >= 11 is 0. The Morgan fingerprint density at radius 1 is 0.969 bits per heavy atom. The van der Waals surface area contributed by atoms with Gasteiger partial charge in [0.05, 0.1) is 12.2 Å². The summed E-state index contributed by atoms with van der Waals surface area (Å²) in [6.07, 6.45) is 7.72. The molecule has 0 aliphatic rings. The number of esters is 1. The van der Waals surface area contributed by atoms with Gasteiger partial charge in [0.1, 0.15) is 5.39 Å². The van der Waals surface area contributed by atoms with Gasteiger partial charge in [0, 0.05) is 6.07 Å². The zero-order valence-corrected chi connectivity index (χ0v) is 18.6. The van der Waals surface area contributed by atoms with E-state index >= 15 is 0 Å². The summed E-state index contributed by atoms with van der Waals surface area (Å²) in [5.74, 6) is -1.73. The van der Waals surface area contributed by atoms with Gasteiger partial charge in [0.2, 0.25) is 0 Å². The van der Waals surface area contributed by atoms with Crippen molar-refractivity contribution in [2.75, 3.05) is 6.61 Å². The van der Waals surface area contributed by atoms with Gasteiger partial charge in [-0.25, -0.2) is 14.0 Å². The summed E-state index contributed by atoms with van der Waals surface area (Å²) in [5.41, 5.74) is 0.576. The Morgan fingerprint density at radius 3 is 2.44 bits per heavy atom. The molecule has 0 spiro atoms. The minimum atomic E-state index is -0.928. The van der Waals surface area contributed by atoms with E-state index in [0.717, 1.165) is 18.4 Å². The summed E-state index contributed by atoms with van der Waals surface area (Å²) in [6.45, 7) is 4.43. The first-order valence-corrected chi connectivity index (χ1v) is 11.2. The third kappa shape index (κ3) is 5.96. The highest BCUT2D eigenvalue weighted by molar-refractivity contribution is 5.91. The van der Waals surface area contributed by atoms with E-state index in [9.17, 15) is 14.0 Å². The number of hydrogen-bond donors (Lipinski definition) is 0. The molecule has 5 nitrogen and oxygen atoms in total. The number of carbonyl (C=O) groups excluding carboxylic acids is 1. The zero-order chi connectivity index (χ0) is 22.9. The molecule has 0 saturated carbocycles. The number of ether oxygens (including phenoxy) is 2. The largest absolute Gasteiger partial charge is 0.491 e. The van der Waals surface area contributed by atoms with Crippen molar-refractivity contribution in [3.05, 3.63) is 69.8 Å². The average molecular weight is 441 g/mol. The average Bonchev–Trinajstić information content (AvgIpc) is 2.78. The molecule has 0 N–H and O–H groups in total. The predicted octanol–water partition coefficient (Wildman–Crippen LogP) is 6.45. The molecule has 170 valence electrons. The van der Waals surface area contributed by atoms with Crippen molar-refractivity contribution in [1.82, 2.24) is 0 Å². The van der Waals surface area contributed by atoms with E-state index < -0.39 is 17.4 Å². The van der Waals surface area contributed by atoms with Crippen LogP contribution in [0.15, 0.2) is 51.7 Å². The van der Waals surface area contributed by atoms with E-state index in [1.165, 1.54) is 43.9 Å². The molecule has 0 bridgehead atoms. The first kappa shape index (κ1) is 23.5. The monoisotopic (exact) mass is 440 g/mol. The molecule has 6 heteroatoms. The van der Waals surface area contributed by atoms with Crippen LogP contribution in [0.2, 0.25) is 0 Å². The highest BCUT2D eigenvalue weighted by atomic mass is 19.1. The van der Waals surface area contributed by atoms with Crippen LogP contribution in [0.4, 0.5) is 4.39 Å². The van der Waals surface area contributed by atoms with Crippen molar-refractivity contribution >= 4 is 16.7 Å².